The van der Waals surface area contributed by atoms with Crippen LogP contribution in [0, 0.1) is 0 Å². The Morgan fingerprint density at radius 3 is 1.92 bits per heavy atom. The van der Waals surface area contributed by atoms with E-state index in [-0.39, 0.29) is 0 Å². The van der Waals surface area contributed by atoms with Crippen LogP contribution in [-0.4, -0.2) is 7.11 Å². The van der Waals surface area contributed by atoms with Gasteiger partial charge in [0.05, 0.1) is 7.11 Å². The second-order valence-electron chi connectivity index (χ2n) is 1.72. The van der Waals surface area contributed by atoms with Crippen molar-refractivity contribution in [1.82, 2.24) is 0 Å². The van der Waals surface area contributed by atoms with E-state index in [4.69, 9.17) is 9.30 Å². The van der Waals surface area contributed by atoms with Gasteiger partial charge in [-0.25, -0.2) is 0 Å². The van der Waals surface area contributed by atoms with Crippen LogP contribution in [0.4, 0.5) is 0 Å². The number of methoxy groups -OCH3 is 1. The summed E-state index contributed by atoms with van der Waals surface area (Å²) in [4.78, 5) is 0. The number of hydrogen-bond acceptors (Lipinski definition) is 2. The molecule has 0 N–H and O–H groups in total. The van der Waals surface area contributed by atoms with Gasteiger partial charge in [-0.15, -0.1) is 0 Å². The molecule has 1 aromatic carbocycles. The zero-order chi connectivity index (χ0) is 9.40. The Morgan fingerprint density at radius 2 is 1.67 bits per heavy atom. The smallest absolute Gasteiger partial charge is 0.497 e. The van der Waals surface area contributed by atoms with Crippen LogP contribution in [0.2, 0.25) is 0 Å². The first-order chi connectivity index (χ1) is 5.66. The maximum absolute atomic E-state index is 9.12. The van der Waals surface area contributed by atoms with Gasteiger partial charge in [-0.3, -0.25) is 0 Å². The van der Waals surface area contributed by atoms with Gasteiger partial charge < -0.3 is 4.74 Å². The van der Waals surface area contributed by atoms with E-state index >= 15 is 0 Å². The molecule has 0 saturated carbocycles. The minimum absolute atomic E-state index is 0.910. The number of hydrogen-bond donors (Lipinski definition) is 0. The van der Waals surface area contributed by atoms with E-state index in [0.717, 1.165) is 5.75 Å². The summed E-state index contributed by atoms with van der Waals surface area (Å²) in [7, 11) is 1.66. The van der Waals surface area contributed by atoms with Gasteiger partial charge in [0.25, 0.3) is 0 Å². The highest BCUT2D eigenvalue weighted by Gasteiger charge is 1.97. The van der Waals surface area contributed by atoms with Gasteiger partial charge >= 0.3 is 6.51 Å². The molecule has 0 fully saturated rings. The first kappa shape index (κ1) is 11.7. The highest BCUT2D eigenvalue weighted by atomic mass is 35.9. The molecule has 66 valence electrons. The molecule has 12 heavy (non-hydrogen) atoms. The van der Waals surface area contributed by atoms with Crippen LogP contribution in [0.5, 0.6) is 5.75 Å². The van der Waals surface area contributed by atoms with Crippen molar-refractivity contribution in [2.45, 2.75) is 0 Å². The predicted octanol–water partition coefficient (Wildman–Crippen LogP) is 3.82. The average molecular weight is 226 g/mol. The van der Waals surface area contributed by atoms with Crippen LogP contribution in [0.3, 0.4) is 0 Å². The van der Waals surface area contributed by atoms with Crippen molar-refractivity contribution in [2.75, 3.05) is 7.11 Å². The molecule has 0 aliphatic rings. The van der Waals surface area contributed by atoms with Gasteiger partial charge in [0, 0.05) is 0 Å². The van der Waals surface area contributed by atoms with Crippen molar-refractivity contribution in [3.8, 4) is 5.75 Å². The fourth-order valence-corrected chi connectivity index (χ4v) is 0.557. The summed E-state index contributed by atoms with van der Waals surface area (Å²) in [6.07, 6.45) is 0. The van der Waals surface area contributed by atoms with Crippen molar-refractivity contribution in [3.05, 3.63) is 30.3 Å². The van der Waals surface area contributed by atoms with Crippen LogP contribution in [0.15, 0.2) is 30.3 Å². The van der Waals surface area contributed by atoms with Crippen molar-refractivity contribution in [1.29, 1.82) is 0 Å². The van der Waals surface area contributed by atoms with E-state index in [1.807, 2.05) is 30.3 Å². The summed E-state index contributed by atoms with van der Waals surface area (Å²) >= 11 is 9.10. The van der Waals surface area contributed by atoms with E-state index in [2.05, 4.69) is 22.5 Å². The SMILES string of the molecule is COc1ccccc1.O=[P+](Cl)Cl. The minimum atomic E-state index is -1.93. The van der Waals surface area contributed by atoms with Crippen LogP contribution in [-0.2, 0) is 4.57 Å². The molecule has 5 heteroatoms. The number of halogens is 2. The Morgan fingerprint density at radius 1 is 1.25 bits per heavy atom. The number of ether oxygens (including phenoxy) is 1. The summed E-state index contributed by atoms with van der Waals surface area (Å²) in [5.41, 5.74) is 0. The summed E-state index contributed by atoms with van der Waals surface area (Å²) < 4.78 is 14.0. The largest absolute Gasteiger partial charge is 0.575 e. The summed E-state index contributed by atoms with van der Waals surface area (Å²) in [5, 5.41) is 0. The van der Waals surface area contributed by atoms with E-state index in [1.54, 1.807) is 7.11 Å². The highest BCUT2D eigenvalue weighted by Crippen LogP contribution is 2.31. The molecule has 2 nitrogen and oxygen atoms in total. The first-order valence-corrected chi connectivity index (χ1v) is 6.11. The molecule has 1 rings (SSSR count). The van der Waals surface area contributed by atoms with Gasteiger partial charge in [0.2, 0.25) is 22.5 Å². The summed E-state index contributed by atoms with van der Waals surface area (Å²) in [5.74, 6) is 0.910. The highest BCUT2D eigenvalue weighted by molar-refractivity contribution is 7.95. The number of benzene rings is 1. The van der Waals surface area contributed by atoms with Gasteiger partial charge in [-0.05, 0) is 16.7 Å². The Hall–Kier alpha value is -0.300. The van der Waals surface area contributed by atoms with Gasteiger partial charge in [-0.1, -0.05) is 18.2 Å². The zero-order valence-corrected chi connectivity index (χ0v) is 8.81. The lowest BCUT2D eigenvalue weighted by atomic mass is 10.3. The van der Waals surface area contributed by atoms with Gasteiger partial charge in [0.15, 0.2) is 0 Å². The molecule has 0 aromatic heterocycles. The molecule has 0 amide bonds. The summed E-state index contributed by atoms with van der Waals surface area (Å²) in [6.45, 7) is -1.93. The minimum Gasteiger partial charge on any atom is -0.497 e. The third-order valence-corrected chi connectivity index (χ3v) is 0.979. The quantitative estimate of drug-likeness (QED) is 0.680. The Bertz CT molecular complexity index is 224. The average Bonchev–Trinajstić information content (AvgIpc) is 2.05. The number of para-hydroxylation sites is 1. The molecule has 0 aliphatic heterocycles. The zero-order valence-electron chi connectivity index (χ0n) is 6.41. The molecule has 0 spiro atoms. The van der Waals surface area contributed by atoms with Crippen LogP contribution < -0.4 is 4.74 Å². The second kappa shape index (κ2) is 7.35. The third kappa shape index (κ3) is 7.80. The lowest BCUT2D eigenvalue weighted by Crippen LogP contribution is -1.78. The molecular weight excluding hydrogens is 218 g/mol. The molecule has 0 bridgehead atoms. The van der Waals surface area contributed by atoms with Crippen LogP contribution >= 0.6 is 29.0 Å². The molecular formula is C7H8Cl2O2P+. The fraction of sp³-hybridized carbons (Fsp3) is 0.143. The molecule has 0 unspecified atom stereocenters. The topological polar surface area (TPSA) is 26.3 Å². The molecule has 0 radical (unpaired) electrons. The molecule has 0 saturated heterocycles. The van der Waals surface area contributed by atoms with E-state index in [0.29, 0.717) is 0 Å². The standard InChI is InChI=1S/C7H8O.Cl2OP/c1-8-7-5-3-2-4-6-7;1-4(2)3/h2-6H,1H3;/q;+1. The van der Waals surface area contributed by atoms with Crippen molar-refractivity contribution >= 4 is 29.0 Å². The Labute approximate surface area is 81.8 Å². The lowest BCUT2D eigenvalue weighted by molar-refractivity contribution is 0.415. The molecule has 1 aromatic rings. The van der Waals surface area contributed by atoms with Crippen molar-refractivity contribution in [2.24, 2.45) is 0 Å². The maximum Gasteiger partial charge on any atom is 0.575 e. The lowest BCUT2D eigenvalue weighted by Gasteiger charge is -1.93. The molecule has 0 aliphatic carbocycles. The van der Waals surface area contributed by atoms with E-state index in [9.17, 15) is 0 Å². The fourth-order valence-electron chi connectivity index (χ4n) is 0.557. The monoisotopic (exact) mass is 225 g/mol. The van der Waals surface area contributed by atoms with Crippen molar-refractivity contribution in [3.63, 3.8) is 0 Å². The van der Waals surface area contributed by atoms with Gasteiger partial charge in [0.1, 0.15) is 5.75 Å². The predicted molar refractivity (Wildman–Crippen MR) is 52.3 cm³/mol. The third-order valence-electron chi connectivity index (χ3n) is 0.979. The maximum atomic E-state index is 9.12. The van der Waals surface area contributed by atoms with E-state index < -0.39 is 6.51 Å². The normalized spacial score (nSPS) is 7.92. The second-order valence-corrected chi connectivity index (χ2v) is 4.48. The van der Waals surface area contributed by atoms with E-state index in [1.165, 1.54) is 0 Å². The first-order valence-electron chi connectivity index (χ1n) is 3.04. The Balaban J connectivity index is 0.000000261. The Kier molecular flexibility index (Phi) is 7.17. The summed E-state index contributed by atoms with van der Waals surface area (Å²) in [6, 6.07) is 9.68. The van der Waals surface area contributed by atoms with Crippen molar-refractivity contribution < 1.29 is 9.30 Å². The van der Waals surface area contributed by atoms with Crippen LogP contribution in [0.25, 0.3) is 0 Å². The van der Waals surface area contributed by atoms with Gasteiger partial charge in [-0.2, -0.15) is 0 Å². The van der Waals surface area contributed by atoms with Crippen LogP contribution in [0.1, 0.15) is 0 Å². The number of rotatable bonds is 1. The molecule has 0 atom stereocenters. The molecule has 0 heterocycles.